The summed E-state index contributed by atoms with van der Waals surface area (Å²) in [5.41, 5.74) is 1.08. The Kier molecular flexibility index (Phi) is 3.46. The summed E-state index contributed by atoms with van der Waals surface area (Å²) in [6.45, 7) is 7.81. The first-order valence-electron chi connectivity index (χ1n) is 5.11. The molecule has 0 N–H and O–H groups in total. The zero-order valence-corrected chi connectivity index (χ0v) is 8.92. The van der Waals surface area contributed by atoms with Crippen molar-refractivity contribution < 1.29 is 4.79 Å². The van der Waals surface area contributed by atoms with Gasteiger partial charge in [-0.2, -0.15) is 5.26 Å². The van der Waals surface area contributed by atoms with Crippen LogP contribution in [0.25, 0.3) is 0 Å². The summed E-state index contributed by atoms with van der Waals surface area (Å²) in [7, 11) is 0. The molecule has 0 amide bonds. The Hall–Kier alpha value is -1.10. The fraction of sp³-hybridized carbons (Fsp3) is 0.667. The van der Waals surface area contributed by atoms with E-state index in [-0.39, 0.29) is 11.8 Å². The molecule has 14 heavy (non-hydrogen) atoms. The molecule has 0 bridgehead atoms. The lowest BCUT2D eigenvalue weighted by atomic mass is 9.71. The third kappa shape index (κ3) is 2.23. The molecule has 3 atom stereocenters. The maximum Gasteiger partial charge on any atom is 0.136 e. The van der Waals surface area contributed by atoms with Gasteiger partial charge in [0, 0.05) is 18.8 Å². The highest BCUT2D eigenvalue weighted by atomic mass is 16.1. The van der Waals surface area contributed by atoms with Crippen LogP contribution in [0.2, 0.25) is 0 Å². The van der Waals surface area contributed by atoms with Crippen molar-refractivity contribution in [2.75, 3.05) is 0 Å². The minimum atomic E-state index is 0.0604. The van der Waals surface area contributed by atoms with Crippen LogP contribution in [0.5, 0.6) is 0 Å². The van der Waals surface area contributed by atoms with E-state index in [0.29, 0.717) is 24.5 Å². The van der Waals surface area contributed by atoms with Gasteiger partial charge in [-0.05, 0) is 25.2 Å². The van der Waals surface area contributed by atoms with Crippen LogP contribution in [0.4, 0.5) is 0 Å². The summed E-state index contributed by atoms with van der Waals surface area (Å²) in [6.07, 6.45) is 2.07. The highest BCUT2D eigenvalue weighted by Crippen LogP contribution is 2.36. The van der Waals surface area contributed by atoms with Crippen LogP contribution in [-0.4, -0.2) is 5.78 Å². The van der Waals surface area contributed by atoms with Gasteiger partial charge >= 0.3 is 0 Å². The van der Waals surface area contributed by atoms with Gasteiger partial charge in [0.05, 0.1) is 6.07 Å². The van der Waals surface area contributed by atoms with Gasteiger partial charge in [-0.15, -0.1) is 0 Å². The second kappa shape index (κ2) is 4.41. The lowest BCUT2D eigenvalue weighted by Gasteiger charge is -2.32. The van der Waals surface area contributed by atoms with Gasteiger partial charge in [0.2, 0.25) is 0 Å². The lowest BCUT2D eigenvalue weighted by Crippen LogP contribution is -2.31. The van der Waals surface area contributed by atoms with Gasteiger partial charge in [-0.1, -0.05) is 19.1 Å². The van der Waals surface area contributed by atoms with Crippen LogP contribution in [0, 0.1) is 29.1 Å². The molecule has 1 aliphatic carbocycles. The molecule has 0 aromatic heterocycles. The predicted octanol–water partition coefficient (Wildman–Crippen LogP) is 2.71. The van der Waals surface area contributed by atoms with Gasteiger partial charge in [0.1, 0.15) is 5.78 Å². The van der Waals surface area contributed by atoms with Gasteiger partial charge in [0.15, 0.2) is 0 Å². The molecule has 1 rings (SSSR count). The predicted molar refractivity (Wildman–Crippen MR) is 55.4 cm³/mol. The maximum absolute atomic E-state index is 11.6. The van der Waals surface area contributed by atoms with E-state index in [9.17, 15) is 4.79 Å². The Morgan fingerprint density at radius 3 is 2.86 bits per heavy atom. The van der Waals surface area contributed by atoms with Crippen molar-refractivity contribution in [2.24, 2.45) is 17.8 Å². The zero-order chi connectivity index (χ0) is 10.7. The SMILES string of the molecule is C=C(C)[C@@H]1CC(=O)[C@@H](C)[C@H](CC#N)C1. The minimum absolute atomic E-state index is 0.0604. The van der Waals surface area contributed by atoms with Crippen LogP contribution in [0.3, 0.4) is 0 Å². The first-order chi connectivity index (χ1) is 6.56. The molecule has 0 spiro atoms. The maximum atomic E-state index is 11.6. The number of rotatable bonds is 2. The minimum Gasteiger partial charge on any atom is -0.299 e. The van der Waals surface area contributed by atoms with Crippen molar-refractivity contribution in [3.05, 3.63) is 12.2 Å². The summed E-state index contributed by atoms with van der Waals surface area (Å²) in [5, 5.41) is 8.66. The third-order valence-corrected chi connectivity index (χ3v) is 3.30. The van der Waals surface area contributed by atoms with Crippen molar-refractivity contribution in [3.63, 3.8) is 0 Å². The van der Waals surface area contributed by atoms with Crippen LogP contribution in [0.15, 0.2) is 12.2 Å². The number of nitriles is 1. The first-order valence-corrected chi connectivity index (χ1v) is 5.11. The number of allylic oxidation sites excluding steroid dienone is 1. The van der Waals surface area contributed by atoms with Gasteiger partial charge in [-0.25, -0.2) is 0 Å². The van der Waals surface area contributed by atoms with Gasteiger partial charge in [0.25, 0.3) is 0 Å². The van der Waals surface area contributed by atoms with Crippen molar-refractivity contribution in [1.29, 1.82) is 5.26 Å². The van der Waals surface area contributed by atoms with Crippen molar-refractivity contribution in [3.8, 4) is 6.07 Å². The molecule has 2 nitrogen and oxygen atoms in total. The molecule has 0 unspecified atom stereocenters. The number of hydrogen-bond acceptors (Lipinski definition) is 2. The normalized spacial score (nSPS) is 32.4. The molecule has 0 radical (unpaired) electrons. The monoisotopic (exact) mass is 191 g/mol. The van der Waals surface area contributed by atoms with Gasteiger partial charge in [-0.3, -0.25) is 4.79 Å². The van der Waals surface area contributed by atoms with Crippen LogP contribution in [0.1, 0.15) is 33.1 Å². The van der Waals surface area contributed by atoms with E-state index in [4.69, 9.17) is 5.26 Å². The molecule has 0 saturated heterocycles. The van der Waals surface area contributed by atoms with Crippen molar-refractivity contribution >= 4 is 5.78 Å². The molecule has 0 aliphatic heterocycles. The van der Waals surface area contributed by atoms with Crippen LogP contribution in [-0.2, 0) is 4.79 Å². The second-order valence-electron chi connectivity index (χ2n) is 4.36. The summed E-state index contributed by atoms with van der Waals surface area (Å²) >= 11 is 0. The smallest absolute Gasteiger partial charge is 0.136 e. The molecule has 76 valence electrons. The summed E-state index contributed by atoms with van der Waals surface area (Å²) in [4.78, 5) is 11.6. The number of hydrogen-bond donors (Lipinski definition) is 0. The standard InChI is InChI=1S/C12H17NO/c1-8(2)11-6-10(4-5-13)9(3)12(14)7-11/h9-11H,1,4,6-7H2,2-3H3/t9-,10+,11-/m0/s1. The Morgan fingerprint density at radius 2 is 2.36 bits per heavy atom. The first kappa shape index (κ1) is 11.0. The summed E-state index contributed by atoms with van der Waals surface area (Å²) in [5.74, 6) is 0.898. The zero-order valence-electron chi connectivity index (χ0n) is 8.92. The highest BCUT2D eigenvalue weighted by molar-refractivity contribution is 5.82. The Labute approximate surface area is 85.6 Å². The fourth-order valence-corrected chi connectivity index (χ4v) is 2.10. The van der Waals surface area contributed by atoms with Crippen LogP contribution >= 0.6 is 0 Å². The number of carbonyl (C=O) groups excluding carboxylic acids is 1. The van der Waals surface area contributed by atoms with E-state index >= 15 is 0 Å². The summed E-state index contributed by atoms with van der Waals surface area (Å²) < 4.78 is 0. The average Bonchev–Trinajstić information content (AvgIpc) is 2.12. The Morgan fingerprint density at radius 1 is 1.71 bits per heavy atom. The number of nitrogens with zero attached hydrogens (tertiary/aromatic N) is 1. The number of carbonyl (C=O) groups is 1. The number of Topliss-reactive ketones (excluding diaryl/α,β-unsaturated/α-hetero) is 1. The van der Waals surface area contributed by atoms with Crippen molar-refractivity contribution in [2.45, 2.75) is 33.1 Å². The van der Waals surface area contributed by atoms with E-state index in [1.165, 1.54) is 0 Å². The lowest BCUT2D eigenvalue weighted by molar-refractivity contribution is -0.127. The molecular weight excluding hydrogens is 174 g/mol. The molecule has 0 heterocycles. The van der Waals surface area contributed by atoms with E-state index in [0.717, 1.165) is 12.0 Å². The summed E-state index contributed by atoms with van der Waals surface area (Å²) in [6, 6.07) is 2.17. The molecule has 1 fully saturated rings. The second-order valence-corrected chi connectivity index (χ2v) is 4.36. The van der Waals surface area contributed by atoms with Crippen LogP contribution < -0.4 is 0 Å². The van der Waals surface area contributed by atoms with E-state index < -0.39 is 0 Å². The molecule has 1 aliphatic rings. The molecule has 2 heteroatoms. The molecule has 1 saturated carbocycles. The quantitative estimate of drug-likeness (QED) is 0.630. The topological polar surface area (TPSA) is 40.9 Å². The fourth-order valence-electron chi connectivity index (χ4n) is 2.10. The number of ketones is 1. The van der Waals surface area contributed by atoms with Gasteiger partial charge < -0.3 is 0 Å². The third-order valence-electron chi connectivity index (χ3n) is 3.30. The Balaban J connectivity index is 2.72. The molecular formula is C12H17NO. The van der Waals surface area contributed by atoms with Crippen molar-refractivity contribution in [1.82, 2.24) is 0 Å². The largest absolute Gasteiger partial charge is 0.299 e. The average molecular weight is 191 g/mol. The molecule has 0 aromatic rings. The van der Waals surface area contributed by atoms with E-state index in [1.807, 2.05) is 13.8 Å². The Bertz CT molecular complexity index is 287. The highest BCUT2D eigenvalue weighted by Gasteiger charge is 2.33. The molecule has 0 aromatic carbocycles. The van der Waals surface area contributed by atoms with E-state index in [2.05, 4.69) is 12.6 Å². The van der Waals surface area contributed by atoms with E-state index in [1.54, 1.807) is 0 Å².